The highest BCUT2D eigenvalue weighted by Crippen LogP contribution is 2.23. The van der Waals surface area contributed by atoms with E-state index in [2.05, 4.69) is 10.4 Å². The van der Waals surface area contributed by atoms with Crippen LogP contribution in [0.5, 0.6) is 0 Å². The summed E-state index contributed by atoms with van der Waals surface area (Å²) in [7, 11) is 1.52. The van der Waals surface area contributed by atoms with Gasteiger partial charge in [-0.15, -0.1) is 0 Å². The molecule has 2 rings (SSSR count). The molecule has 1 aromatic heterocycles. The van der Waals surface area contributed by atoms with Gasteiger partial charge in [-0.1, -0.05) is 0 Å². The van der Waals surface area contributed by atoms with E-state index >= 15 is 0 Å². The third kappa shape index (κ3) is 2.64. The van der Waals surface area contributed by atoms with E-state index in [9.17, 15) is 14.9 Å². The van der Waals surface area contributed by atoms with Gasteiger partial charge < -0.3 is 10.1 Å². The fraction of sp³-hybridized carbons (Fsp3) is 0.667. The molecule has 1 amide bonds. The van der Waals surface area contributed by atoms with Crippen molar-refractivity contribution < 1.29 is 14.5 Å². The van der Waals surface area contributed by atoms with E-state index in [0.29, 0.717) is 6.61 Å². The maximum absolute atomic E-state index is 12.2. The number of nitro groups is 1. The lowest BCUT2D eigenvalue weighted by Crippen LogP contribution is -2.41. The minimum Gasteiger partial charge on any atom is -0.376 e. The van der Waals surface area contributed by atoms with Gasteiger partial charge in [-0.05, 0) is 26.7 Å². The van der Waals surface area contributed by atoms with Crippen LogP contribution in [0.4, 0.5) is 5.69 Å². The Morgan fingerprint density at radius 3 is 2.90 bits per heavy atom. The van der Waals surface area contributed by atoms with Crippen LogP contribution in [0.1, 0.15) is 35.9 Å². The molecule has 20 heavy (non-hydrogen) atoms. The Balaban J connectivity index is 2.18. The highest BCUT2D eigenvalue weighted by molar-refractivity contribution is 5.97. The maximum Gasteiger partial charge on any atom is 0.322 e. The molecule has 0 unspecified atom stereocenters. The first-order valence-electron chi connectivity index (χ1n) is 6.52. The fourth-order valence-corrected chi connectivity index (χ4v) is 2.49. The second-order valence-corrected chi connectivity index (χ2v) is 4.98. The van der Waals surface area contributed by atoms with Crippen LogP contribution >= 0.6 is 0 Å². The molecule has 1 aromatic rings. The smallest absolute Gasteiger partial charge is 0.322 e. The van der Waals surface area contributed by atoms with Gasteiger partial charge in [0.1, 0.15) is 5.69 Å². The number of rotatable bonds is 4. The number of nitrogens with zero attached hydrogens (tertiary/aromatic N) is 3. The van der Waals surface area contributed by atoms with Crippen LogP contribution in [0, 0.1) is 17.0 Å². The number of carbonyl (C=O) groups excluding carboxylic acids is 1. The monoisotopic (exact) mass is 282 g/mol. The molecule has 0 radical (unpaired) electrons. The number of ether oxygens (including phenoxy) is 1. The van der Waals surface area contributed by atoms with Crippen LogP contribution in [0.25, 0.3) is 0 Å². The molecule has 1 saturated heterocycles. The summed E-state index contributed by atoms with van der Waals surface area (Å²) in [5.74, 6) is -0.497. The van der Waals surface area contributed by atoms with E-state index < -0.39 is 10.8 Å². The average molecular weight is 282 g/mol. The van der Waals surface area contributed by atoms with Crippen LogP contribution in [0.15, 0.2) is 0 Å². The summed E-state index contributed by atoms with van der Waals surface area (Å²) in [5, 5.41) is 17.7. The fourth-order valence-electron chi connectivity index (χ4n) is 2.49. The third-order valence-corrected chi connectivity index (χ3v) is 3.47. The van der Waals surface area contributed by atoms with Crippen molar-refractivity contribution in [3.63, 3.8) is 0 Å². The molecular weight excluding hydrogens is 264 g/mol. The first-order chi connectivity index (χ1) is 9.41. The van der Waals surface area contributed by atoms with E-state index in [0.717, 1.165) is 12.8 Å². The van der Waals surface area contributed by atoms with E-state index in [-0.39, 0.29) is 29.2 Å². The Kier molecular flexibility index (Phi) is 4.03. The second kappa shape index (κ2) is 5.58. The van der Waals surface area contributed by atoms with Crippen LogP contribution in [0.2, 0.25) is 0 Å². The summed E-state index contributed by atoms with van der Waals surface area (Å²) >= 11 is 0. The molecule has 2 atom stereocenters. The van der Waals surface area contributed by atoms with Crippen LogP contribution < -0.4 is 5.32 Å². The van der Waals surface area contributed by atoms with Gasteiger partial charge >= 0.3 is 5.69 Å². The number of hydrogen-bond acceptors (Lipinski definition) is 5. The van der Waals surface area contributed by atoms with Gasteiger partial charge in [0.15, 0.2) is 0 Å². The standard InChI is InChI=1S/C12H18N4O4/c1-7(9-5-4-6-20-9)13-12(17)11-10(16(18)19)8(2)14-15(11)3/h7,9H,4-6H2,1-3H3,(H,13,17)/t7-,9+/m0/s1. The summed E-state index contributed by atoms with van der Waals surface area (Å²) < 4.78 is 6.73. The number of hydrogen-bond donors (Lipinski definition) is 1. The third-order valence-electron chi connectivity index (χ3n) is 3.47. The zero-order chi connectivity index (χ0) is 14.9. The molecule has 1 aliphatic heterocycles. The van der Waals surface area contributed by atoms with Crippen LogP contribution in [0.3, 0.4) is 0 Å². The van der Waals surface area contributed by atoms with Gasteiger partial charge in [0.05, 0.1) is 17.1 Å². The Morgan fingerprint density at radius 1 is 1.65 bits per heavy atom. The summed E-state index contributed by atoms with van der Waals surface area (Å²) in [6.45, 7) is 4.04. The molecule has 8 heteroatoms. The normalized spacial score (nSPS) is 19.9. The lowest BCUT2D eigenvalue weighted by molar-refractivity contribution is -0.385. The molecule has 8 nitrogen and oxygen atoms in total. The molecule has 1 aliphatic rings. The van der Waals surface area contributed by atoms with Gasteiger partial charge in [0, 0.05) is 13.7 Å². The minimum absolute atomic E-state index is 0.0302. The van der Waals surface area contributed by atoms with E-state index in [1.807, 2.05) is 6.92 Å². The Labute approximate surface area is 116 Å². The first kappa shape index (κ1) is 14.4. The molecule has 0 aromatic carbocycles. The van der Waals surface area contributed by atoms with Crippen molar-refractivity contribution in [1.29, 1.82) is 0 Å². The van der Waals surface area contributed by atoms with Crippen molar-refractivity contribution in [3.05, 3.63) is 21.5 Å². The SMILES string of the molecule is Cc1nn(C)c(C(=O)N[C@@H](C)[C@H]2CCCO2)c1[N+](=O)[O-]. The lowest BCUT2D eigenvalue weighted by Gasteiger charge is -2.19. The molecule has 2 heterocycles. The quantitative estimate of drug-likeness (QED) is 0.654. The summed E-state index contributed by atoms with van der Waals surface area (Å²) in [4.78, 5) is 22.7. The summed E-state index contributed by atoms with van der Waals surface area (Å²) in [5.41, 5.74) is -0.0469. The van der Waals surface area contributed by atoms with Crippen molar-refractivity contribution >= 4 is 11.6 Å². The van der Waals surface area contributed by atoms with Gasteiger partial charge in [-0.3, -0.25) is 19.6 Å². The number of nitrogens with one attached hydrogen (secondary N) is 1. The summed E-state index contributed by atoms with van der Waals surface area (Å²) in [6.07, 6.45) is 1.82. The zero-order valence-corrected chi connectivity index (χ0v) is 11.8. The van der Waals surface area contributed by atoms with Crippen molar-refractivity contribution in [2.75, 3.05) is 6.61 Å². The molecule has 1 N–H and O–H groups in total. The van der Waals surface area contributed by atoms with Crippen molar-refractivity contribution in [2.24, 2.45) is 7.05 Å². The lowest BCUT2D eigenvalue weighted by atomic mass is 10.1. The van der Waals surface area contributed by atoms with Crippen molar-refractivity contribution in [1.82, 2.24) is 15.1 Å². The maximum atomic E-state index is 12.2. The molecular formula is C12H18N4O4. The highest BCUT2D eigenvalue weighted by atomic mass is 16.6. The van der Waals surface area contributed by atoms with Crippen molar-refractivity contribution in [3.8, 4) is 0 Å². The highest BCUT2D eigenvalue weighted by Gasteiger charge is 2.31. The van der Waals surface area contributed by atoms with E-state index in [1.165, 1.54) is 18.7 Å². The number of aromatic nitrogens is 2. The van der Waals surface area contributed by atoms with Crippen molar-refractivity contribution in [2.45, 2.75) is 38.8 Å². The Hall–Kier alpha value is -1.96. The van der Waals surface area contributed by atoms with Gasteiger partial charge in [-0.2, -0.15) is 5.10 Å². The molecule has 0 bridgehead atoms. The van der Waals surface area contributed by atoms with Gasteiger partial charge in [0.25, 0.3) is 5.91 Å². The molecule has 0 spiro atoms. The predicted molar refractivity (Wildman–Crippen MR) is 70.5 cm³/mol. The molecule has 1 fully saturated rings. The topological polar surface area (TPSA) is 99.3 Å². The molecule has 110 valence electrons. The first-order valence-corrected chi connectivity index (χ1v) is 6.52. The zero-order valence-electron chi connectivity index (χ0n) is 11.8. The molecule has 0 aliphatic carbocycles. The van der Waals surface area contributed by atoms with E-state index in [4.69, 9.17) is 4.74 Å². The Morgan fingerprint density at radius 2 is 2.35 bits per heavy atom. The second-order valence-electron chi connectivity index (χ2n) is 4.98. The van der Waals surface area contributed by atoms with E-state index in [1.54, 1.807) is 0 Å². The largest absolute Gasteiger partial charge is 0.376 e. The van der Waals surface area contributed by atoms with Crippen LogP contribution in [-0.2, 0) is 11.8 Å². The number of aryl methyl sites for hydroxylation is 2. The predicted octanol–water partition coefficient (Wildman–Crippen LogP) is 0.934. The van der Waals surface area contributed by atoms with Gasteiger partial charge in [-0.25, -0.2) is 0 Å². The van der Waals surface area contributed by atoms with Crippen LogP contribution in [-0.4, -0.2) is 39.4 Å². The molecule has 0 saturated carbocycles. The number of carbonyl (C=O) groups is 1. The average Bonchev–Trinajstić information content (AvgIpc) is 2.96. The Bertz CT molecular complexity index is 534. The van der Waals surface area contributed by atoms with Gasteiger partial charge in [0.2, 0.25) is 5.69 Å². The minimum atomic E-state index is -0.575. The number of amides is 1. The summed E-state index contributed by atoms with van der Waals surface area (Å²) in [6, 6.07) is -0.195.